The van der Waals surface area contributed by atoms with Crippen LogP contribution in [0.25, 0.3) is 0 Å². The predicted molar refractivity (Wildman–Crippen MR) is 112 cm³/mol. The molecule has 156 valence electrons. The van der Waals surface area contributed by atoms with Gasteiger partial charge >= 0.3 is 0 Å². The number of benzene rings is 2. The highest BCUT2D eigenvalue weighted by Crippen LogP contribution is 2.26. The maximum atomic E-state index is 12.2. The van der Waals surface area contributed by atoms with E-state index in [0.29, 0.717) is 24.4 Å². The molecule has 0 aliphatic heterocycles. The number of carbonyl (C=O) groups is 1. The van der Waals surface area contributed by atoms with Crippen molar-refractivity contribution in [1.82, 2.24) is 15.1 Å². The van der Waals surface area contributed by atoms with Crippen molar-refractivity contribution in [3.05, 3.63) is 86.7 Å². The van der Waals surface area contributed by atoms with Crippen molar-refractivity contribution in [3.63, 3.8) is 0 Å². The quantitative estimate of drug-likeness (QED) is 0.455. The summed E-state index contributed by atoms with van der Waals surface area (Å²) in [5.74, 6) is 0.0120. The van der Waals surface area contributed by atoms with Crippen molar-refractivity contribution in [1.29, 1.82) is 0 Å². The summed E-state index contributed by atoms with van der Waals surface area (Å²) in [5.41, 5.74) is 4.32. The van der Waals surface area contributed by atoms with E-state index < -0.39 is 4.92 Å². The molecule has 0 aliphatic rings. The van der Waals surface area contributed by atoms with Gasteiger partial charge in [0.25, 0.3) is 11.6 Å². The highest BCUT2D eigenvalue weighted by Gasteiger charge is 2.16. The molecule has 0 saturated carbocycles. The molecule has 1 N–H and O–H groups in total. The summed E-state index contributed by atoms with van der Waals surface area (Å²) in [6.07, 6.45) is 0. The molecule has 1 heterocycles. The molecule has 0 fully saturated rings. The van der Waals surface area contributed by atoms with E-state index >= 15 is 0 Å². The number of hydrogen-bond donors (Lipinski definition) is 1. The summed E-state index contributed by atoms with van der Waals surface area (Å²) >= 11 is 0. The van der Waals surface area contributed by atoms with Crippen molar-refractivity contribution >= 4 is 11.6 Å². The van der Waals surface area contributed by atoms with Crippen LogP contribution in [-0.4, -0.2) is 27.2 Å². The lowest BCUT2D eigenvalue weighted by Crippen LogP contribution is -2.29. The van der Waals surface area contributed by atoms with E-state index in [4.69, 9.17) is 4.74 Å². The SMILES string of the molecule is Cc1nn(Cc2ccccc2)c(C)c1CNC(=O)COc1cccc([N+](=O)[O-])c1C. The molecule has 0 saturated heterocycles. The van der Waals surface area contributed by atoms with Crippen LogP contribution in [0, 0.1) is 30.9 Å². The average Bonchev–Trinajstić information content (AvgIpc) is 2.98. The van der Waals surface area contributed by atoms with Crippen LogP contribution in [0.2, 0.25) is 0 Å². The van der Waals surface area contributed by atoms with Crippen LogP contribution in [0.3, 0.4) is 0 Å². The van der Waals surface area contributed by atoms with Gasteiger partial charge in [0.05, 0.1) is 22.7 Å². The minimum Gasteiger partial charge on any atom is -0.483 e. The zero-order valence-corrected chi connectivity index (χ0v) is 17.2. The van der Waals surface area contributed by atoms with Gasteiger partial charge in [-0.2, -0.15) is 5.10 Å². The molecule has 0 bridgehead atoms. The monoisotopic (exact) mass is 408 g/mol. The fourth-order valence-corrected chi connectivity index (χ4v) is 3.24. The molecule has 0 aliphatic carbocycles. The Bertz CT molecular complexity index is 1060. The zero-order valence-electron chi connectivity index (χ0n) is 17.2. The summed E-state index contributed by atoms with van der Waals surface area (Å²) in [6.45, 7) is 6.27. The standard InChI is InChI=1S/C22H24N4O4/c1-15-20(26(28)29)10-7-11-21(15)30-14-22(27)23-12-19-16(2)24-25(17(19)3)13-18-8-5-4-6-9-18/h4-11H,12-14H2,1-3H3,(H,23,27). The molecule has 8 nitrogen and oxygen atoms in total. The number of nitrogens with one attached hydrogen (secondary N) is 1. The van der Waals surface area contributed by atoms with Crippen LogP contribution in [0.15, 0.2) is 48.5 Å². The van der Waals surface area contributed by atoms with Gasteiger partial charge in [-0.25, -0.2) is 0 Å². The Morgan fingerprint density at radius 3 is 2.57 bits per heavy atom. The van der Waals surface area contributed by atoms with Gasteiger partial charge in [-0.3, -0.25) is 19.6 Å². The largest absolute Gasteiger partial charge is 0.483 e. The van der Waals surface area contributed by atoms with E-state index in [2.05, 4.69) is 10.4 Å². The van der Waals surface area contributed by atoms with E-state index in [-0.39, 0.29) is 18.2 Å². The number of hydrogen-bond acceptors (Lipinski definition) is 5. The van der Waals surface area contributed by atoms with Crippen LogP contribution < -0.4 is 10.1 Å². The summed E-state index contributed by atoms with van der Waals surface area (Å²) in [7, 11) is 0. The number of carbonyl (C=O) groups excluding carboxylic acids is 1. The van der Waals surface area contributed by atoms with E-state index in [1.54, 1.807) is 13.0 Å². The van der Waals surface area contributed by atoms with E-state index in [9.17, 15) is 14.9 Å². The first-order chi connectivity index (χ1) is 14.4. The zero-order chi connectivity index (χ0) is 21.7. The van der Waals surface area contributed by atoms with Gasteiger partial charge in [-0.1, -0.05) is 36.4 Å². The van der Waals surface area contributed by atoms with Crippen molar-refractivity contribution in [2.24, 2.45) is 0 Å². The molecule has 8 heteroatoms. The first-order valence-electron chi connectivity index (χ1n) is 9.57. The Labute approximate surface area is 174 Å². The van der Waals surface area contributed by atoms with Gasteiger partial charge in [-0.05, 0) is 32.4 Å². The highest BCUT2D eigenvalue weighted by molar-refractivity contribution is 5.77. The van der Waals surface area contributed by atoms with Crippen molar-refractivity contribution in [2.45, 2.75) is 33.9 Å². The normalized spacial score (nSPS) is 10.6. The maximum absolute atomic E-state index is 12.2. The fourth-order valence-electron chi connectivity index (χ4n) is 3.24. The average molecular weight is 408 g/mol. The second-order valence-corrected chi connectivity index (χ2v) is 7.02. The molecular weight excluding hydrogens is 384 g/mol. The molecule has 2 aromatic carbocycles. The number of aryl methyl sites for hydroxylation is 1. The van der Waals surface area contributed by atoms with Crippen LogP contribution in [0.4, 0.5) is 5.69 Å². The highest BCUT2D eigenvalue weighted by atomic mass is 16.6. The van der Waals surface area contributed by atoms with Crippen LogP contribution >= 0.6 is 0 Å². The summed E-state index contributed by atoms with van der Waals surface area (Å²) in [6, 6.07) is 14.6. The third kappa shape index (κ3) is 4.83. The summed E-state index contributed by atoms with van der Waals surface area (Å²) < 4.78 is 7.41. The van der Waals surface area contributed by atoms with Gasteiger partial charge in [-0.15, -0.1) is 0 Å². The summed E-state index contributed by atoms with van der Waals surface area (Å²) in [5, 5.41) is 18.4. The number of nitro benzene ring substituents is 1. The first-order valence-corrected chi connectivity index (χ1v) is 9.57. The van der Waals surface area contributed by atoms with Gasteiger partial charge in [0.15, 0.2) is 6.61 Å². The Morgan fingerprint density at radius 1 is 1.13 bits per heavy atom. The Kier molecular flexibility index (Phi) is 6.46. The topological polar surface area (TPSA) is 99.3 Å². The second-order valence-electron chi connectivity index (χ2n) is 7.02. The predicted octanol–water partition coefficient (Wildman–Crippen LogP) is 3.46. The number of nitrogens with zero attached hydrogens (tertiary/aromatic N) is 3. The lowest BCUT2D eigenvalue weighted by Gasteiger charge is -2.10. The van der Waals surface area contributed by atoms with Crippen molar-refractivity contribution < 1.29 is 14.5 Å². The van der Waals surface area contributed by atoms with Gasteiger partial charge in [0.2, 0.25) is 0 Å². The van der Waals surface area contributed by atoms with Gasteiger partial charge in [0, 0.05) is 23.9 Å². The van der Waals surface area contributed by atoms with Crippen LogP contribution in [-0.2, 0) is 17.9 Å². The second kappa shape index (κ2) is 9.21. The molecule has 0 radical (unpaired) electrons. The molecule has 0 atom stereocenters. The van der Waals surface area contributed by atoms with Crippen LogP contribution in [0.5, 0.6) is 5.75 Å². The number of amides is 1. The lowest BCUT2D eigenvalue weighted by atomic mass is 10.2. The molecule has 1 amide bonds. The van der Waals surface area contributed by atoms with Crippen molar-refractivity contribution in [2.75, 3.05) is 6.61 Å². The number of rotatable bonds is 8. The molecule has 30 heavy (non-hydrogen) atoms. The Balaban J connectivity index is 1.59. The number of nitro groups is 1. The molecular formula is C22H24N4O4. The Hall–Kier alpha value is -3.68. The Morgan fingerprint density at radius 2 is 1.87 bits per heavy atom. The summed E-state index contributed by atoms with van der Waals surface area (Å²) in [4.78, 5) is 22.8. The maximum Gasteiger partial charge on any atom is 0.276 e. The van der Waals surface area contributed by atoms with Crippen molar-refractivity contribution in [3.8, 4) is 5.75 Å². The third-order valence-corrected chi connectivity index (χ3v) is 4.98. The van der Waals surface area contributed by atoms with E-state index in [1.807, 2.05) is 48.9 Å². The van der Waals surface area contributed by atoms with Gasteiger partial charge in [0.1, 0.15) is 5.75 Å². The molecule has 0 unspecified atom stereocenters. The lowest BCUT2D eigenvalue weighted by molar-refractivity contribution is -0.385. The molecule has 1 aromatic heterocycles. The third-order valence-electron chi connectivity index (χ3n) is 4.98. The van der Waals surface area contributed by atoms with Crippen LogP contribution in [0.1, 0.15) is 28.1 Å². The molecule has 3 aromatic rings. The first kappa shape index (κ1) is 21.0. The van der Waals surface area contributed by atoms with Gasteiger partial charge < -0.3 is 10.1 Å². The molecule has 0 spiro atoms. The number of aromatic nitrogens is 2. The smallest absolute Gasteiger partial charge is 0.276 e. The minimum absolute atomic E-state index is 0.0370. The van der Waals surface area contributed by atoms with E-state index in [1.165, 1.54) is 12.1 Å². The van der Waals surface area contributed by atoms with E-state index in [0.717, 1.165) is 22.5 Å². The minimum atomic E-state index is -0.471. The molecule has 3 rings (SSSR count). The number of ether oxygens (including phenoxy) is 1. The fraction of sp³-hybridized carbons (Fsp3) is 0.273.